The predicted molar refractivity (Wildman–Crippen MR) is 104 cm³/mol. The van der Waals surface area contributed by atoms with E-state index in [1.54, 1.807) is 35.0 Å². The van der Waals surface area contributed by atoms with Crippen LogP contribution in [0.5, 0.6) is 0 Å². The molecule has 0 bridgehead atoms. The number of fused-ring (bicyclic) bond motifs is 1. The Morgan fingerprint density at radius 1 is 1.14 bits per heavy atom. The minimum atomic E-state index is -1.29. The summed E-state index contributed by atoms with van der Waals surface area (Å²) in [5, 5.41) is 21.1. The van der Waals surface area contributed by atoms with E-state index < -0.39 is 11.4 Å². The van der Waals surface area contributed by atoms with Gasteiger partial charge < -0.3 is 14.9 Å². The molecule has 0 fully saturated rings. The normalized spacial score (nSPS) is 10.9. The first-order valence-corrected chi connectivity index (χ1v) is 9.05. The SMILES string of the molecule is O=C(O)c1cn(-c2cccc(Sc3ccc[n+]([O-])c3)c2)c2ncccc2c1=O. The monoisotopic (exact) mass is 391 g/mol. The van der Waals surface area contributed by atoms with Crippen LogP contribution in [-0.2, 0) is 0 Å². The van der Waals surface area contributed by atoms with Gasteiger partial charge in [-0.3, -0.25) is 4.79 Å². The lowest BCUT2D eigenvalue weighted by Crippen LogP contribution is -2.23. The zero-order valence-electron chi connectivity index (χ0n) is 14.4. The molecule has 0 saturated heterocycles. The molecule has 0 amide bonds. The summed E-state index contributed by atoms with van der Waals surface area (Å²) in [5.74, 6) is -1.29. The summed E-state index contributed by atoms with van der Waals surface area (Å²) in [6.07, 6.45) is 5.72. The first-order valence-electron chi connectivity index (χ1n) is 8.24. The van der Waals surface area contributed by atoms with Gasteiger partial charge in [0.25, 0.3) is 0 Å². The summed E-state index contributed by atoms with van der Waals surface area (Å²) in [6.45, 7) is 0. The third-order valence-electron chi connectivity index (χ3n) is 4.07. The van der Waals surface area contributed by atoms with Crippen LogP contribution in [0.1, 0.15) is 10.4 Å². The number of benzene rings is 1. The number of pyridine rings is 3. The fourth-order valence-corrected chi connectivity index (χ4v) is 3.74. The lowest BCUT2D eigenvalue weighted by molar-refractivity contribution is -0.607. The number of rotatable bonds is 4. The van der Waals surface area contributed by atoms with Gasteiger partial charge in [-0.1, -0.05) is 17.8 Å². The van der Waals surface area contributed by atoms with Gasteiger partial charge in [0.15, 0.2) is 12.4 Å². The molecule has 0 saturated carbocycles. The van der Waals surface area contributed by atoms with Crippen molar-refractivity contribution in [1.82, 2.24) is 9.55 Å². The van der Waals surface area contributed by atoms with E-state index in [0.717, 1.165) is 14.5 Å². The van der Waals surface area contributed by atoms with Crippen molar-refractivity contribution in [2.45, 2.75) is 9.79 Å². The molecular weight excluding hydrogens is 378 g/mol. The van der Waals surface area contributed by atoms with Gasteiger partial charge in [0.1, 0.15) is 11.2 Å². The smallest absolute Gasteiger partial charge is 0.341 e. The second-order valence-electron chi connectivity index (χ2n) is 5.92. The number of aromatic carboxylic acids is 1. The summed E-state index contributed by atoms with van der Waals surface area (Å²) < 4.78 is 2.31. The van der Waals surface area contributed by atoms with E-state index in [4.69, 9.17) is 0 Å². The molecule has 28 heavy (non-hydrogen) atoms. The second-order valence-corrected chi connectivity index (χ2v) is 7.07. The van der Waals surface area contributed by atoms with E-state index in [2.05, 4.69) is 4.98 Å². The predicted octanol–water partition coefficient (Wildman–Crippen LogP) is 2.87. The first kappa shape index (κ1) is 17.7. The van der Waals surface area contributed by atoms with Crippen LogP contribution in [-0.4, -0.2) is 20.6 Å². The number of nitrogens with zero attached hydrogens (tertiary/aromatic N) is 3. The molecule has 138 valence electrons. The molecule has 0 aliphatic rings. The highest BCUT2D eigenvalue weighted by atomic mass is 32.2. The quantitative estimate of drug-likeness (QED) is 0.424. The Morgan fingerprint density at radius 2 is 1.96 bits per heavy atom. The number of aromatic nitrogens is 3. The third kappa shape index (κ3) is 3.33. The molecule has 0 unspecified atom stereocenters. The Bertz CT molecular complexity index is 1270. The van der Waals surface area contributed by atoms with E-state index in [9.17, 15) is 19.9 Å². The molecule has 8 heteroatoms. The second kappa shape index (κ2) is 7.16. The molecular formula is C20H13N3O4S. The number of carboxylic acid groups (broad SMARTS) is 1. The van der Waals surface area contributed by atoms with Crippen LogP contribution in [0.2, 0.25) is 0 Å². The number of carbonyl (C=O) groups is 1. The largest absolute Gasteiger partial charge is 0.619 e. The zero-order chi connectivity index (χ0) is 19.7. The molecule has 0 radical (unpaired) electrons. The highest BCUT2D eigenvalue weighted by molar-refractivity contribution is 7.99. The van der Waals surface area contributed by atoms with Gasteiger partial charge in [-0.15, -0.1) is 0 Å². The molecule has 1 N–H and O–H groups in total. The zero-order valence-corrected chi connectivity index (χ0v) is 15.2. The van der Waals surface area contributed by atoms with Gasteiger partial charge in [-0.25, -0.2) is 9.78 Å². The topological polar surface area (TPSA) is 99.1 Å². The lowest BCUT2D eigenvalue weighted by atomic mass is 10.2. The lowest BCUT2D eigenvalue weighted by Gasteiger charge is -2.12. The van der Waals surface area contributed by atoms with Gasteiger partial charge in [0.2, 0.25) is 5.43 Å². The van der Waals surface area contributed by atoms with E-state index in [0.29, 0.717) is 11.3 Å². The average Bonchev–Trinajstić information content (AvgIpc) is 2.68. The Kier molecular flexibility index (Phi) is 4.54. The van der Waals surface area contributed by atoms with Crippen molar-refractivity contribution in [3.8, 4) is 5.69 Å². The molecule has 0 atom stereocenters. The Morgan fingerprint density at radius 3 is 2.75 bits per heavy atom. The minimum absolute atomic E-state index is 0.232. The maximum Gasteiger partial charge on any atom is 0.341 e. The maximum absolute atomic E-state index is 12.4. The molecule has 7 nitrogen and oxygen atoms in total. The Labute approximate surface area is 163 Å². The number of hydrogen-bond donors (Lipinski definition) is 1. The van der Waals surface area contributed by atoms with Gasteiger partial charge in [0.05, 0.1) is 10.3 Å². The molecule has 0 aliphatic carbocycles. The number of carboxylic acids is 1. The summed E-state index contributed by atoms with van der Waals surface area (Å²) in [6, 6.07) is 14.0. The fourth-order valence-electron chi connectivity index (χ4n) is 2.84. The average molecular weight is 391 g/mol. The molecule has 3 heterocycles. The van der Waals surface area contributed by atoms with E-state index in [-0.39, 0.29) is 10.9 Å². The standard InChI is InChI=1S/C20H13N3O4S/c24-18-16-7-2-8-21-19(16)23(12-17(18)20(25)26)13-4-1-5-14(10-13)28-15-6-3-9-22(27)11-15/h1-12H,(H,25,26). The molecule has 1 aromatic carbocycles. The Hall–Kier alpha value is -3.65. The van der Waals surface area contributed by atoms with Crippen molar-refractivity contribution < 1.29 is 14.6 Å². The Balaban J connectivity index is 1.85. The van der Waals surface area contributed by atoms with E-state index in [1.165, 1.54) is 30.4 Å². The van der Waals surface area contributed by atoms with Gasteiger partial charge in [0, 0.05) is 29.0 Å². The summed E-state index contributed by atoms with van der Waals surface area (Å²) in [5.41, 5.74) is 0.134. The van der Waals surface area contributed by atoms with Gasteiger partial charge in [-0.2, -0.15) is 4.73 Å². The minimum Gasteiger partial charge on any atom is -0.619 e. The highest BCUT2D eigenvalue weighted by Gasteiger charge is 2.16. The van der Waals surface area contributed by atoms with E-state index >= 15 is 0 Å². The molecule has 0 spiro atoms. The molecule has 0 aliphatic heterocycles. The maximum atomic E-state index is 12.4. The summed E-state index contributed by atoms with van der Waals surface area (Å²) >= 11 is 1.40. The van der Waals surface area contributed by atoms with Gasteiger partial charge >= 0.3 is 5.97 Å². The highest BCUT2D eigenvalue weighted by Crippen LogP contribution is 2.28. The van der Waals surface area contributed by atoms with Crippen LogP contribution < -0.4 is 10.2 Å². The van der Waals surface area contributed by atoms with Crippen molar-refractivity contribution in [2.75, 3.05) is 0 Å². The fraction of sp³-hybridized carbons (Fsp3) is 0. The van der Waals surface area contributed by atoms with Crippen LogP contribution >= 0.6 is 11.8 Å². The van der Waals surface area contributed by atoms with E-state index in [1.807, 2.05) is 24.3 Å². The molecule has 3 aromatic heterocycles. The number of hydrogen-bond acceptors (Lipinski definition) is 5. The van der Waals surface area contributed by atoms with Crippen LogP contribution in [0.3, 0.4) is 0 Å². The van der Waals surface area contributed by atoms with Crippen LogP contribution in [0, 0.1) is 5.21 Å². The third-order valence-corrected chi connectivity index (χ3v) is 5.04. The van der Waals surface area contributed by atoms with Crippen molar-refractivity contribution in [3.05, 3.63) is 94.3 Å². The molecule has 4 rings (SSSR count). The molecule has 4 aromatic rings. The van der Waals surface area contributed by atoms with Crippen molar-refractivity contribution >= 4 is 28.8 Å². The van der Waals surface area contributed by atoms with Crippen LogP contribution in [0.4, 0.5) is 0 Å². The van der Waals surface area contributed by atoms with Crippen LogP contribution in [0.25, 0.3) is 16.7 Å². The summed E-state index contributed by atoms with van der Waals surface area (Å²) in [7, 11) is 0. The van der Waals surface area contributed by atoms with Crippen molar-refractivity contribution in [3.63, 3.8) is 0 Å². The van der Waals surface area contributed by atoms with Crippen LogP contribution in [0.15, 0.2) is 87.9 Å². The van der Waals surface area contributed by atoms with Crippen molar-refractivity contribution in [1.29, 1.82) is 0 Å². The first-order chi connectivity index (χ1) is 13.5. The van der Waals surface area contributed by atoms with Gasteiger partial charge in [-0.05, 0) is 36.4 Å². The van der Waals surface area contributed by atoms with Crippen molar-refractivity contribution in [2.24, 2.45) is 0 Å². The summed E-state index contributed by atoms with van der Waals surface area (Å²) in [4.78, 5) is 29.8.